The summed E-state index contributed by atoms with van der Waals surface area (Å²) in [5.74, 6) is -0.106. The lowest BCUT2D eigenvalue weighted by molar-refractivity contribution is -0.114. The van der Waals surface area contributed by atoms with Gasteiger partial charge in [-0.05, 0) is 17.7 Å². The smallest absolute Gasteiger partial charge is 0.407 e. The minimum absolute atomic E-state index is 0.0983. The van der Waals surface area contributed by atoms with Gasteiger partial charge in [0, 0.05) is 12.6 Å². The summed E-state index contributed by atoms with van der Waals surface area (Å²) in [5.41, 5.74) is 1.70. The van der Waals surface area contributed by atoms with Gasteiger partial charge in [0.1, 0.15) is 6.61 Å². The monoisotopic (exact) mass is 220 g/mol. The van der Waals surface area contributed by atoms with Crippen molar-refractivity contribution in [2.24, 2.45) is 0 Å². The summed E-state index contributed by atoms with van der Waals surface area (Å²) in [4.78, 5) is 21.7. The van der Waals surface area contributed by atoms with Crippen LogP contribution in [0.5, 0.6) is 0 Å². The Kier molecular flexibility index (Phi) is 2.76. The van der Waals surface area contributed by atoms with Gasteiger partial charge in [-0.15, -0.1) is 0 Å². The van der Waals surface area contributed by atoms with Crippen molar-refractivity contribution in [1.82, 2.24) is 5.32 Å². The molecule has 0 aromatic heterocycles. The van der Waals surface area contributed by atoms with Crippen molar-refractivity contribution in [3.05, 3.63) is 29.8 Å². The van der Waals surface area contributed by atoms with Crippen molar-refractivity contribution in [1.29, 1.82) is 0 Å². The minimum Gasteiger partial charge on any atom is -0.447 e. The summed E-state index contributed by atoms with van der Waals surface area (Å²) in [7, 11) is 0. The lowest BCUT2D eigenvalue weighted by atomic mass is 10.1. The third-order valence-electron chi connectivity index (χ3n) is 2.31. The van der Waals surface area contributed by atoms with Crippen molar-refractivity contribution in [2.75, 3.05) is 11.9 Å². The SMILES string of the molecule is CC(=O)Nc1ccc(C2COC(=O)N2)cc1. The van der Waals surface area contributed by atoms with Crippen LogP contribution in [0.4, 0.5) is 10.5 Å². The molecule has 5 heteroatoms. The molecule has 2 amide bonds. The fourth-order valence-corrected chi connectivity index (χ4v) is 1.57. The number of rotatable bonds is 2. The second-order valence-electron chi connectivity index (χ2n) is 3.60. The Morgan fingerprint density at radius 1 is 1.44 bits per heavy atom. The first-order valence-electron chi connectivity index (χ1n) is 4.96. The van der Waals surface area contributed by atoms with Crippen LogP contribution in [-0.4, -0.2) is 18.6 Å². The minimum atomic E-state index is -0.393. The van der Waals surface area contributed by atoms with Gasteiger partial charge in [0.05, 0.1) is 6.04 Å². The van der Waals surface area contributed by atoms with Gasteiger partial charge >= 0.3 is 6.09 Å². The lowest BCUT2D eigenvalue weighted by Gasteiger charge is -2.08. The highest BCUT2D eigenvalue weighted by atomic mass is 16.6. The Bertz CT molecular complexity index is 414. The van der Waals surface area contributed by atoms with Crippen molar-refractivity contribution in [3.8, 4) is 0 Å². The second kappa shape index (κ2) is 4.22. The molecule has 2 rings (SSSR count). The predicted octanol–water partition coefficient (Wildman–Crippen LogP) is 1.43. The first-order chi connectivity index (χ1) is 7.65. The van der Waals surface area contributed by atoms with Gasteiger partial charge in [-0.3, -0.25) is 4.79 Å². The van der Waals surface area contributed by atoms with E-state index in [4.69, 9.17) is 4.74 Å². The van der Waals surface area contributed by atoms with Crippen molar-refractivity contribution < 1.29 is 14.3 Å². The number of carbonyl (C=O) groups is 2. The average Bonchev–Trinajstić information content (AvgIpc) is 2.65. The Balaban J connectivity index is 2.07. The first-order valence-corrected chi connectivity index (χ1v) is 4.96. The van der Waals surface area contributed by atoms with E-state index in [1.54, 1.807) is 12.1 Å². The molecular formula is C11H12N2O3. The van der Waals surface area contributed by atoms with Gasteiger partial charge in [0.15, 0.2) is 0 Å². The van der Waals surface area contributed by atoms with Gasteiger partial charge in [0.25, 0.3) is 0 Å². The predicted molar refractivity (Wildman–Crippen MR) is 58.0 cm³/mol. The molecule has 0 bridgehead atoms. The fraction of sp³-hybridized carbons (Fsp3) is 0.273. The standard InChI is InChI=1S/C11H12N2O3/c1-7(14)12-9-4-2-8(3-5-9)10-6-16-11(15)13-10/h2-5,10H,6H2,1H3,(H,12,14)(H,13,15). The topological polar surface area (TPSA) is 67.4 Å². The van der Waals surface area contributed by atoms with E-state index in [1.807, 2.05) is 12.1 Å². The molecular weight excluding hydrogens is 208 g/mol. The Morgan fingerprint density at radius 2 is 2.12 bits per heavy atom. The van der Waals surface area contributed by atoms with E-state index in [-0.39, 0.29) is 11.9 Å². The summed E-state index contributed by atoms with van der Waals surface area (Å²) in [5, 5.41) is 5.36. The molecule has 16 heavy (non-hydrogen) atoms. The van der Waals surface area contributed by atoms with Gasteiger partial charge < -0.3 is 15.4 Å². The average molecular weight is 220 g/mol. The molecule has 1 saturated heterocycles. The molecule has 1 unspecified atom stereocenters. The lowest BCUT2D eigenvalue weighted by Crippen LogP contribution is -2.18. The molecule has 5 nitrogen and oxygen atoms in total. The zero-order valence-electron chi connectivity index (χ0n) is 8.82. The zero-order valence-corrected chi connectivity index (χ0v) is 8.82. The molecule has 2 N–H and O–H groups in total. The quantitative estimate of drug-likeness (QED) is 0.792. The van der Waals surface area contributed by atoms with Crippen LogP contribution in [0.1, 0.15) is 18.5 Å². The molecule has 1 aliphatic heterocycles. The van der Waals surface area contributed by atoms with Crippen LogP contribution >= 0.6 is 0 Å². The first kappa shape index (κ1) is 10.5. The van der Waals surface area contributed by atoms with E-state index in [9.17, 15) is 9.59 Å². The third-order valence-corrected chi connectivity index (χ3v) is 2.31. The number of carbonyl (C=O) groups excluding carboxylic acids is 2. The van der Waals surface area contributed by atoms with Crippen molar-refractivity contribution in [2.45, 2.75) is 13.0 Å². The number of anilines is 1. The molecule has 0 aliphatic carbocycles. The Morgan fingerprint density at radius 3 is 2.62 bits per heavy atom. The van der Waals surface area contributed by atoms with Crippen molar-refractivity contribution >= 4 is 17.7 Å². The fourth-order valence-electron chi connectivity index (χ4n) is 1.57. The van der Waals surface area contributed by atoms with Gasteiger partial charge in [0.2, 0.25) is 5.91 Å². The number of nitrogens with one attached hydrogen (secondary N) is 2. The van der Waals surface area contributed by atoms with Gasteiger partial charge in [-0.2, -0.15) is 0 Å². The van der Waals surface area contributed by atoms with E-state index in [0.717, 1.165) is 11.3 Å². The van der Waals surface area contributed by atoms with E-state index in [2.05, 4.69) is 10.6 Å². The van der Waals surface area contributed by atoms with Crippen LogP contribution in [0.2, 0.25) is 0 Å². The highest BCUT2D eigenvalue weighted by Gasteiger charge is 2.23. The molecule has 1 atom stereocenters. The maximum Gasteiger partial charge on any atom is 0.407 e. The molecule has 1 aromatic carbocycles. The summed E-state index contributed by atoms with van der Waals surface area (Å²) in [6.45, 7) is 1.80. The number of hydrogen-bond acceptors (Lipinski definition) is 3. The second-order valence-corrected chi connectivity index (χ2v) is 3.60. The maximum absolute atomic E-state index is 10.8. The van der Waals surface area contributed by atoms with Crippen LogP contribution < -0.4 is 10.6 Å². The normalized spacial score (nSPS) is 18.8. The largest absolute Gasteiger partial charge is 0.447 e. The summed E-state index contributed by atoms with van der Waals surface area (Å²) >= 11 is 0. The van der Waals surface area contributed by atoms with Gasteiger partial charge in [-0.1, -0.05) is 12.1 Å². The number of benzene rings is 1. The number of alkyl carbamates (subject to hydrolysis) is 1. The molecule has 1 aliphatic rings. The number of hydrogen-bond donors (Lipinski definition) is 2. The third kappa shape index (κ3) is 2.31. The molecule has 0 saturated carbocycles. The van der Waals surface area contributed by atoms with Crippen LogP contribution in [0, 0.1) is 0 Å². The number of ether oxygens (including phenoxy) is 1. The highest BCUT2D eigenvalue weighted by molar-refractivity contribution is 5.88. The molecule has 1 heterocycles. The van der Waals surface area contributed by atoms with Crippen LogP contribution in [0.15, 0.2) is 24.3 Å². The number of amides is 2. The van der Waals surface area contributed by atoms with E-state index < -0.39 is 6.09 Å². The van der Waals surface area contributed by atoms with Crippen LogP contribution in [-0.2, 0) is 9.53 Å². The number of cyclic esters (lactones) is 1. The summed E-state index contributed by atoms with van der Waals surface area (Å²) in [6.07, 6.45) is -0.393. The van der Waals surface area contributed by atoms with Gasteiger partial charge in [-0.25, -0.2) is 4.79 Å². The van der Waals surface area contributed by atoms with Crippen LogP contribution in [0.3, 0.4) is 0 Å². The van der Waals surface area contributed by atoms with Crippen LogP contribution in [0.25, 0.3) is 0 Å². The van der Waals surface area contributed by atoms with E-state index in [1.165, 1.54) is 6.92 Å². The molecule has 1 aromatic rings. The molecule has 84 valence electrons. The Labute approximate surface area is 92.8 Å². The van der Waals surface area contributed by atoms with Crippen molar-refractivity contribution in [3.63, 3.8) is 0 Å². The summed E-state index contributed by atoms with van der Waals surface area (Å²) < 4.78 is 4.79. The summed E-state index contributed by atoms with van der Waals surface area (Å²) in [6, 6.07) is 7.19. The molecule has 1 fully saturated rings. The highest BCUT2D eigenvalue weighted by Crippen LogP contribution is 2.19. The van der Waals surface area contributed by atoms with E-state index >= 15 is 0 Å². The maximum atomic E-state index is 10.8. The molecule has 0 spiro atoms. The zero-order chi connectivity index (χ0) is 11.5. The van der Waals surface area contributed by atoms with E-state index in [0.29, 0.717) is 6.61 Å². The molecule has 0 radical (unpaired) electrons. The Hall–Kier alpha value is -2.04.